The third-order valence-corrected chi connectivity index (χ3v) is 4.71. The summed E-state index contributed by atoms with van der Waals surface area (Å²) in [5.74, 6) is 0. The maximum Gasteiger partial charge on any atom is 0.0256 e. The molecular weight excluding hydrogens is 254 g/mol. The molecule has 1 N–H and O–H groups in total. The average molecular weight is 275 g/mol. The van der Waals surface area contributed by atoms with Crippen molar-refractivity contribution in [2.45, 2.75) is 37.8 Å². The highest BCUT2D eigenvalue weighted by Gasteiger charge is 2.27. The van der Waals surface area contributed by atoms with Crippen molar-refractivity contribution in [2.24, 2.45) is 0 Å². The van der Waals surface area contributed by atoms with Crippen molar-refractivity contribution in [3.63, 3.8) is 0 Å². The number of hydrogen-bond donors (Lipinski definition) is 1. The first-order valence-electron chi connectivity index (χ1n) is 7.97. The fourth-order valence-electron chi connectivity index (χ4n) is 3.65. The summed E-state index contributed by atoms with van der Waals surface area (Å²) in [5.41, 5.74) is 5.65. The Morgan fingerprint density at radius 1 is 0.857 bits per heavy atom. The van der Waals surface area contributed by atoms with Gasteiger partial charge in [0.05, 0.1) is 0 Å². The molecule has 2 atom stereocenters. The van der Waals surface area contributed by atoms with Gasteiger partial charge < -0.3 is 5.32 Å². The van der Waals surface area contributed by atoms with Gasteiger partial charge in [-0.05, 0) is 42.4 Å². The van der Waals surface area contributed by atoms with Crippen LogP contribution in [0.25, 0.3) is 11.1 Å². The van der Waals surface area contributed by atoms with Crippen LogP contribution < -0.4 is 5.32 Å². The van der Waals surface area contributed by atoms with Crippen LogP contribution in [-0.4, -0.2) is 12.1 Å². The van der Waals surface area contributed by atoms with E-state index in [1.54, 1.807) is 5.57 Å². The molecule has 0 spiro atoms. The normalized spacial score (nSPS) is 23.9. The summed E-state index contributed by atoms with van der Waals surface area (Å²) < 4.78 is 0. The molecule has 2 unspecified atom stereocenters. The Bertz CT molecular complexity index is 639. The lowest BCUT2D eigenvalue weighted by molar-refractivity contribution is 0.543. The van der Waals surface area contributed by atoms with Gasteiger partial charge in [0, 0.05) is 12.1 Å². The smallest absolute Gasteiger partial charge is 0.0256 e. The van der Waals surface area contributed by atoms with Crippen LogP contribution in [0.4, 0.5) is 0 Å². The molecule has 106 valence electrons. The van der Waals surface area contributed by atoms with E-state index in [1.807, 2.05) is 0 Å². The summed E-state index contributed by atoms with van der Waals surface area (Å²) in [6.07, 6.45) is 7.48. The molecular formula is C20H21N. The zero-order valence-corrected chi connectivity index (χ0v) is 12.3. The number of hydrogen-bond acceptors (Lipinski definition) is 1. The summed E-state index contributed by atoms with van der Waals surface area (Å²) in [5, 5.41) is 3.66. The van der Waals surface area contributed by atoms with E-state index < -0.39 is 0 Å². The third-order valence-electron chi connectivity index (χ3n) is 4.71. The van der Waals surface area contributed by atoms with E-state index in [-0.39, 0.29) is 0 Å². The van der Waals surface area contributed by atoms with Crippen molar-refractivity contribution in [2.75, 3.05) is 0 Å². The number of nitrogens with one attached hydrogen (secondary N) is 1. The molecule has 0 amide bonds. The van der Waals surface area contributed by atoms with E-state index in [0.29, 0.717) is 6.04 Å². The SMILES string of the molecule is C1=C(Cc2ccc(-c3ccccc3)cc2)CC2CCC1N2. The minimum Gasteiger partial charge on any atom is -0.307 e. The second-order valence-corrected chi connectivity index (χ2v) is 6.32. The van der Waals surface area contributed by atoms with E-state index in [0.717, 1.165) is 12.5 Å². The number of fused-ring (bicyclic) bond motifs is 2. The van der Waals surface area contributed by atoms with Gasteiger partial charge in [0.25, 0.3) is 0 Å². The largest absolute Gasteiger partial charge is 0.307 e. The third kappa shape index (κ3) is 2.79. The first kappa shape index (κ1) is 12.8. The topological polar surface area (TPSA) is 12.0 Å². The van der Waals surface area contributed by atoms with Gasteiger partial charge in [-0.15, -0.1) is 0 Å². The maximum atomic E-state index is 3.66. The predicted octanol–water partition coefficient (Wildman–Crippen LogP) is 4.35. The highest BCUT2D eigenvalue weighted by molar-refractivity contribution is 5.63. The second-order valence-electron chi connectivity index (χ2n) is 6.32. The quantitative estimate of drug-likeness (QED) is 0.821. The van der Waals surface area contributed by atoms with E-state index in [2.05, 4.69) is 66.0 Å². The van der Waals surface area contributed by atoms with Crippen molar-refractivity contribution >= 4 is 0 Å². The summed E-state index contributed by atoms with van der Waals surface area (Å²) in [4.78, 5) is 0. The zero-order chi connectivity index (χ0) is 14.1. The van der Waals surface area contributed by atoms with E-state index in [9.17, 15) is 0 Å². The summed E-state index contributed by atoms with van der Waals surface area (Å²) >= 11 is 0. The Hall–Kier alpha value is -1.86. The van der Waals surface area contributed by atoms with Crippen LogP contribution in [0.5, 0.6) is 0 Å². The molecule has 4 rings (SSSR count). The fourth-order valence-corrected chi connectivity index (χ4v) is 3.65. The van der Waals surface area contributed by atoms with Crippen molar-refractivity contribution in [1.29, 1.82) is 0 Å². The highest BCUT2D eigenvalue weighted by atomic mass is 15.0. The molecule has 2 bridgehead atoms. The molecule has 2 aliphatic rings. The van der Waals surface area contributed by atoms with Crippen LogP contribution in [0, 0.1) is 0 Å². The maximum absolute atomic E-state index is 3.66. The molecule has 1 fully saturated rings. The summed E-state index contributed by atoms with van der Waals surface area (Å²) in [6.45, 7) is 0. The first-order valence-corrected chi connectivity index (χ1v) is 7.97. The molecule has 1 heteroatoms. The minimum absolute atomic E-state index is 0.641. The van der Waals surface area contributed by atoms with Crippen LogP contribution in [0.15, 0.2) is 66.2 Å². The van der Waals surface area contributed by atoms with Crippen LogP contribution >= 0.6 is 0 Å². The average Bonchev–Trinajstić information content (AvgIpc) is 2.88. The van der Waals surface area contributed by atoms with Gasteiger partial charge in [0.2, 0.25) is 0 Å². The van der Waals surface area contributed by atoms with Gasteiger partial charge in [0.1, 0.15) is 0 Å². The van der Waals surface area contributed by atoms with Gasteiger partial charge >= 0.3 is 0 Å². The lowest BCUT2D eigenvalue weighted by Gasteiger charge is -2.21. The molecule has 0 saturated carbocycles. The Morgan fingerprint density at radius 3 is 2.38 bits per heavy atom. The van der Waals surface area contributed by atoms with Gasteiger partial charge in [-0.3, -0.25) is 0 Å². The second kappa shape index (κ2) is 5.50. The Morgan fingerprint density at radius 2 is 1.62 bits per heavy atom. The Labute approximate surface area is 126 Å². The molecule has 2 aromatic rings. The monoisotopic (exact) mass is 275 g/mol. The molecule has 0 radical (unpaired) electrons. The van der Waals surface area contributed by atoms with Gasteiger partial charge in [0.15, 0.2) is 0 Å². The number of rotatable bonds is 3. The first-order chi connectivity index (χ1) is 10.4. The molecule has 0 aromatic heterocycles. The highest BCUT2D eigenvalue weighted by Crippen LogP contribution is 2.28. The summed E-state index contributed by atoms with van der Waals surface area (Å²) in [6, 6.07) is 21.0. The zero-order valence-electron chi connectivity index (χ0n) is 12.3. The lowest BCUT2D eigenvalue weighted by Crippen LogP contribution is -2.32. The summed E-state index contributed by atoms with van der Waals surface area (Å²) in [7, 11) is 0. The minimum atomic E-state index is 0.641. The molecule has 21 heavy (non-hydrogen) atoms. The van der Waals surface area contributed by atoms with Crippen LogP contribution in [0.3, 0.4) is 0 Å². The fraction of sp³-hybridized carbons (Fsp3) is 0.300. The standard InChI is InChI=1S/C20H21N/c1-2-4-17(5-3-1)18-8-6-15(7-9-18)12-16-13-19-10-11-20(14-16)21-19/h1-9,13,19-21H,10-12,14H2. The predicted molar refractivity (Wildman–Crippen MR) is 88.2 cm³/mol. The van der Waals surface area contributed by atoms with Gasteiger partial charge in [-0.1, -0.05) is 66.2 Å². The molecule has 2 aromatic carbocycles. The van der Waals surface area contributed by atoms with Crippen LogP contribution in [0.2, 0.25) is 0 Å². The van der Waals surface area contributed by atoms with Gasteiger partial charge in [-0.2, -0.15) is 0 Å². The lowest BCUT2D eigenvalue weighted by atomic mass is 9.95. The van der Waals surface area contributed by atoms with E-state index in [4.69, 9.17) is 0 Å². The molecule has 0 aliphatic carbocycles. The number of benzene rings is 2. The van der Waals surface area contributed by atoms with E-state index in [1.165, 1.54) is 36.0 Å². The van der Waals surface area contributed by atoms with Crippen molar-refractivity contribution in [3.8, 4) is 11.1 Å². The van der Waals surface area contributed by atoms with Gasteiger partial charge in [-0.25, -0.2) is 0 Å². The van der Waals surface area contributed by atoms with Crippen molar-refractivity contribution in [3.05, 3.63) is 71.8 Å². The van der Waals surface area contributed by atoms with Crippen molar-refractivity contribution < 1.29 is 0 Å². The van der Waals surface area contributed by atoms with Crippen LogP contribution in [0.1, 0.15) is 24.8 Å². The van der Waals surface area contributed by atoms with Crippen LogP contribution in [-0.2, 0) is 6.42 Å². The van der Waals surface area contributed by atoms with E-state index >= 15 is 0 Å². The molecule has 1 nitrogen and oxygen atoms in total. The Balaban J connectivity index is 1.50. The Kier molecular flexibility index (Phi) is 3.36. The molecule has 2 aliphatic heterocycles. The molecule has 1 saturated heterocycles. The van der Waals surface area contributed by atoms with Crippen molar-refractivity contribution in [1.82, 2.24) is 5.32 Å². The molecule has 2 heterocycles.